The fourth-order valence-electron chi connectivity index (χ4n) is 1.39. The van der Waals surface area contributed by atoms with E-state index in [4.69, 9.17) is 4.74 Å². The number of anilines is 1. The lowest BCUT2D eigenvalue weighted by atomic mass is 10.3. The molecule has 0 fully saturated rings. The molecule has 1 heterocycles. The zero-order valence-corrected chi connectivity index (χ0v) is 10.9. The molecule has 104 valence electrons. The Morgan fingerprint density at radius 2 is 1.85 bits per heavy atom. The maximum Gasteiger partial charge on any atom is 0.348 e. The molecule has 0 saturated heterocycles. The molecule has 0 aliphatic carbocycles. The number of rotatable bonds is 4. The summed E-state index contributed by atoms with van der Waals surface area (Å²) in [4.78, 5) is 23.3. The van der Waals surface area contributed by atoms with Gasteiger partial charge in [-0.05, 0) is 23.6 Å². The van der Waals surface area contributed by atoms with Crippen molar-refractivity contribution in [2.75, 3.05) is 11.9 Å². The highest BCUT2D eigenvalue weighted by atomic mass is 32.1. The zero-order valence-electron chi connectivity index (χ0n) is 10.1. The Kier molecular flexibility index (Phi) is 4.41. The van der Waals surface area contributed by atoms with Crippen LogP contribution in [-0.4, -0.2) is 18.5 Å². The fourth-order valence-corrected chi connectivity index (χ4v) is 2.01. The smallest absolute Gasteiger partial charge is 0.348 e. The predicted octanol–water partition coefficient (Wildman–Crippen LogP) is 2.82. The summed E-state index contributed by atoms with van der Waals surface area (Å²) in [5.41, 5.74) is -0.565. The maximum atomic E-state index is 13.3. The highest BCUT2D eigenvalue weighted by Crippen LogP contribution is 2.17. The van der Waals surface area contributed by atoms with Gasteiger partial charge in [0.15, 0.2) is 6.61 Å². The van der Waals surface area contributed by atoms with Crippen molar-refractivity contribution in [2.24, 2.45) is 0 Å². The van der Waals surface area contributed by atoms with E-state index in [1.807, 2.05) is 5.32 Å². The second-order valence-corrected chi connectivity index (χ2v) is 4.65. The molecule has 0 spiro atoms. The summed E-state index contributed by atoms with van der Waals surface area (Å²) in [7, 11) is 0. The third-order valence-corrected chi connectivity index (χ3v) is 3.13. The van der Waals surface area contributed by atoms with Crippen molar-refractivity contribution in [1.29, 1.82) is 0 Å². The quantitative estimate of drug-likeness (QED) is 0.883. The number of carbonyl (C=O) groups excluding carboxylic acids is 2. The molecule has 1 N–H and O–H groups in total. The molecule has 20 heavy (non-hydrogen) atoms. The molecular formula is C13H9F2NO3S. The average molecular weight is 297 g/mol. The molecule has 0 radical (unpaired) electrons. The van der Waals surface area contributed by atoms with Crippen LogP contribution in [0.1, 0.15) is 9.67 Å². The third-order valence-electron chi connectivity index (χ3n) is 2.28. The van der Waals surface area contributed by atoms with Crippen LogP contribution in [0.3, 0.4) is 0 Å². The molecule has 4 nitrogen and oxygen atoms in total. The first-order chi connectivity index (χ1) is 9.58. The van der Waals surface area contributed by atoms with Gasteiger partial charge in [0, 0.05) is 0 Å². The molecule has 2 aromatic rings. The Hall–Kier alpha value is -2.28. The van der Waals surface area contributed by atoms with Crippen LogP contribution in [0, 0.1) is 11.6 Å². The number of thiophene rings is 1. The summed E-state index contributed by atoms with van der Waals surface area (Å²) in [5.74, 6) is -3.28. The van der Waals surface area contributed by atoms with Crippen molar-refractivity contribution in [3.63, 3.8) is 0 Å². The van der Waals surface area contributed by atoms with Crippen LogP contribution in [0.5, 0.6) is 0 Å². The number of carbonyl (C=O) groups is 2. The van der Waals surface area contributed by atoms with E-state index in [-0.39, 0.29) is 0 Å². The van der Waals surface area contributed by atoms with E-state index in [9.17, 15) is 18.4 Å². The van der Waals surface area contributed by atoms with Gasteiger partial charge in [0.25, 0.3) is 5.91 Å². The second kappa shape index (κ2) is 6.25. The van der Waals surface area contributed by atoms with Crippen LogP contribution in [-0.2, 0) is 9.53 Å². The fraction of sp³-hybridized carbons (Fsp3) is 0.0769. The summed E-state index contributed by atoms with van der Waals surface area (Å²) < 4.78 is 31.3. The standard InChI is InChI=1S/C13H9F2NO3S/c14-8-3-1-4-9(15)12(8)16-11(17)7-19-13(18)10-5-2-6-20-10/h1-6H,7H2,(H,16,17). The van der Waals surface area contributed by atoms with Gasteiger partial charge in [0.2, 0.25) is 0 Å². The number of hydrogen-bond acceptors (Lipinski definition) is 4. The molecule has 1 aromatic carbocycles. The van der Waals surface area contributed by atoms with Crippen molar-refractivity contribution in [3.05, 3.63) is 52.2 Å². The minimum Gasteiger partial charge on any atom is -0.451 e. The largest absolute Gasteiger partial charge is 0.451 e. The highest BCUT2D eigenvalue weighted by Gasteiger charge is 2.14. The van der Waals surface area contributed by atoms with Crippen molar-refractivity contribution in [2.45, 2.75) is 0 Å². The van der Waals surface area contributed by atoms with Gasteiger partial charge in [-0.3, -0.25) is 4.79 Å². The summed E-state index contributed by atoms with van der Waals surface area (Å²) >= 11 is 1.17. The highest BCUT2D eigenvalue weighted by molar-refractivity contribution is 7.11. The molecule has 0 atom stereocenters. The lowest BCUT2D eigenvalue weighted by molar-refractivity contribution is -0.119. The SMILES string of the molecule is O=C(COC(=O)c1cccs1)Nc1c(F)cccc1F. The van der Waals surface area contributed by atoms with Gasteiger partial charge in [-0.15, -0.1) is 11.3 Å². The Balaban J connectivity index is 1.92. The normalized spacial score (nSPS) is 10.1. The van der Waals surface area contributed by atoms with Crippen molar-refractivity contribution >= 4 is 28.9 Å². The van der Waals surface area contributed by atoms with Gasteiger partial charge in [-0.25, -0.2) is 13.6 Å². The molecule has 7 heteroatoms. The monoisotopic (exact) mass is 297 g/mol. The topological polar surface area (TPSA) is 55.4 Å². The van der Waals surface area contributed by atoms with Gasteiger partial charge in [-0.1, -0.05) is 12.1 Å². The van der Waals surface area contributed by atoms with Crippen molar-refractivity contribution in [3.8, 4) is 0 Å². The van der Waals surface area contributed by atoms with Gasteiger partial charge in [-0.2, -0.15) is 0 Å². The number of para-hydroxylation sites is 1. The number of nitrogens with one attached hydrogen (secondary N) is 1. The first kappa shape index (κ1) is 14.1. The number of benzene rings is 1. The van der Waals surface area contributed by atoms with E-state index in [0.29, 0.717) is 4.88 Å². The van der Waals surface area contributed by atoms with Crippen LogP contribution in [0.25, 0.3) is 0 Å². The summed E-state index contributed by atoms with van der Waals surface area (Å²) in [5, 5.41) is 3.70. The lowest BCUT2D eigenvalue weighted by Crippen LogP contribution is -2.21. The van der Waals surface area contributed by atoms with Crippen LogP contribution in [0.15, 0.2) is 35.7 Å². The molecule has 1 amide bonds. The third kappa shape index (κ3) is 3.39. The average Bonchev–Trinajstić information content (AvgIpc) is 2.94. The van der Waals surface area contributed by atoms with Gasteiger partial charge >= 0.3 is 5.97 Å². The number of hydrogen-bond donors (Lipinski definition) is 1. The number of ether oxygens (including phenoxy) is 1. The number of halogens is 2. The first-order valence-corrected chi connectivity index (χ1v) is 6.40. The molecular weight excluding hydrogens is 288 g/mol. The van der Waals surface area contributed by atoms with Crippen LogP contribution < -0.4 is 5.32 Å². The minimum absolute atomic E-state index is 0.342. The molecule has 0 unspecified atom stereocenters. The summed E-state index contributed by atoms with van der Waals surface area (Å²) in [6, 6.07) is 6.40. The molecule has 0 aliphatic rings. The summed E-state index contributed by atoms with van der Waals surface area (Å²) in [6.07, 6.45) is 0. The van der Waals surface area contributed by atoms with E-state index in [1.54, 1.807) is 17.5 Å². The van der Waals surface area contributed by atoms with Crippen molar-refractivity contribution < 1.29 is 23.1 Å². The number of amides is 1. The van der Waals surface area contributed by atoms with E-state index < -0.39 is 35.8 Å². The Morgan fingerprint density at radius 3 is 2.45 bits per heavy atom. The van der Waals surface area contributed by atoms with Gasteiger partial charge in [0.05, 0.1) is 0 Å². The molecule has 1 aromatic heterocycles. The van der Waals surface area contributed by atoms with Gasteiger partial charge < -0.3 is 10.1 Å². The van der Waals surface area contributed by atoms with Crippen molar-refractivity contribution in [1.82, 2.24) is 0 Å². The van der Waals surface area contributed by atoms with Crippen LogP contribution >= 0.6 is 11.3 Å². The van der Waals surface area contributed by atoms with E-state index in [2.05, 4.69) is 0 Å². The predicted molar refractivity (Wildman–Crippen MR) is 69.6 cm³/mol. The Labute approximate surface area is 117 Å². The number of esters is 1. The van der Waals surface area contributed by atoms with E-state index >= 15 is 0 Å². The Morgan fingerprint density at radius 1 is 1.15 bits per heavy atom. The Bertz CT molecular complexity index is 608. The second-order valence-electron chi connectivity index (χ2n) is 3.70. The first-order valence-electron chi connectivity index (χ1n) is 5.52. The zero-order chi connectivity index (χ0) is 14.5. The maximum absolute atomic E-state index is 13.3. The van der Waals surface area contributed by atoms with Gasteiger partial charge in [0.1, 0.15) is 22.2 Å². The van der Waals surface area contributed by atoms with E-state index in [0.717, 1.165) is 12.1 Å². The molecule has 2 rings (SSSR count). The molecule has 0 bridgehead atoms. The molecule has 0 saturated carbocycles. The lowest BCUT2D eigenvalue weighted by Gasteiger charge is -2.07. The molecule has 0 aliphatic heterocycles. The van der Waals surface area contributed by atoms with Crippen LogP contribution in [0.2, 0.25) is 0 Å². The van der Waals surface area contributed by atoms with E-state index in [1.165, 1.54) is 17.4 Å². The summed E-state index contributed by atoms with van der Waals surface area (Å²) in [6.45, 7) is -0.621. The van der Waals surface area contributed by atoms with Crippen LogP contribution in [0.4, 0.5) is 14.5 Å². The minimum atomic E-state index is -0.900.